The number of halogens is 2. The first-order valence-electron chi connectivity index (χ1n) is 5.01. The van der Waals surface area contributed by atoms with E-state index in [9.17, 15) is 0 Å². The predicted molar refractivity (Wildman–Crippen MR) is 72.3 cm³/mol. The third kappa shape index (κ3) is 2.16. The van der Waals surface area contributed by atoms with E-state index in [0.717, 1.165) is 5.56 Å². The average molecular weight is 268 g/mol. The topological polar surface area (TPSA) is 43.8 Å². The molecule has 88 valence electrons. The fraction of sp³-hybridized carbons (Fsp3) is 0.0833. The van der Waals surface area contributed by atoms with E-state index < -0.39 is 0 Å². The van der Waals surface area contributed by atoms with Crippen molar-refractivity contribution in [3.63, 3.8) is 0 Å². The first kappa shape index (κ1) is 12.0. The molecule has 2 N–H and O–H groups in total. The van der Waals surface area contributed by atoms with Gasteiger partial charge in [0.05, 0.1) is 16.4 Å². The van der Waals surface area contributed by atoms with Crippen LogP contribution < -0.4 is 5.73 Å². The second kappa shape index (κ2) is 4.82. The Morgan fingerprint density at radius 2 is 2.18 bits per heavy atom. The molecule has 0 radical (unpaired) electrons. The summed E-state index contributed by atoms with van der Waals surface area (Å²) in [6, 6.07) is 5.38. The minimum Gasteiger partial charge on any atom is -0.383 e. The third-order valence-corrected chi connectivity index (χ3v) is 3.23. The van der Waals surface area contributed by atoms with Crippen LogP contribution in [0.2, 0.25) is 10.0 Å². The van der Waals surface area contributed by atoms with Crippen molar-refractivity contribution in [2.75, 3.05) is 5.73 Å². The van der Waals surface area contributed by atoms with Gasteiger partial charge in [0.2, 0.25) is 0 Å². The standard InChI is InChI=1S/C12H11Cl2N3/c1-2-6-17-7-16-11(12(17)15)8-4-3-5-9(13)10(8)14/h2-5,7H,1,6,15H2. The highest BCUT2D eigenvalue weighted by Crippen LogP contribution is 2.35. The van der Waals surface area contributed by atoms with E-state index in [1.165, 1.54) is 0 Å². The molecule has 0 atom stereocenters. The number of nitrogens with zero attached hydrogens (tertiary/aromatic N) is 2. The third-order valence-electron chi connectivity index (χ3n) is 2.41. The molecular weight excluding hydrogens is 257 g/mol. The monoisotopic (exact) mass is 267 g/mol. The largest absolute Gasteiger partial charge is 0.383 e. The molecule has 0 spiro atoms. The molecule has 1 heterocycles. The number of imidazole rings is 1. The Balaban J connectivity index is 2.53. The Labute approximate surface area is 109 Å². The molecule has 2 rings (SSSR count). The van der Waals surface area contributed by atoms with Crippen molar-refractivity contribution >= 4 is 29.0 Å². The highest BCUT2D eigenvalue weighted by atomic mass is 35.5. The number of allylic oxidation sites excluding steroid dienone is 1. The van der Waals surface area contributed by atoms with E-state index in [0.29, 0.717) is 28.1 Å². The molecule has 0 aliphatic carbocycles. The minimum atomic E-state index is 0.463. The molecule has 0 bridgehead atoms. The predicted octanol–water partition coefficient (Wildman–Crippen LogP) is 3.63. The summed E-state index contributed by atoms with van der Waals surface area (Å²) in [5.41, 5.74) is 7.37. The van der Waals surface area contributed by atoms with Gasteiger partial charge in [-0.1, -0.05) is 41.4 Å². The van der Waals surface area contributed by atoms with Crippen molar-refractivity contribution in [2.45, 2.75) is 6.54 Å². The molecular formula is C12H11Cl2N3. The second-order valence-corrected chi connectivity index (χ2v) is 4.31. The van der Waals surface area contributed by atoms with Gasteiger partial charge in [-0.2, -0.15) is 0 Å². The Hall–Kier alpha value is -1.45. The summed E-state index contributed by atoms with van der Waals surface area (Å²) in [4.78, 5) is 4.25. The van der Waals surface area contributed by atoms with Crippen molar-refractivity contribution in [1.29, 1.82) is 0 Å². The van der Waals surface area contributed by atoms with Gasteiger partial charge in [0.15, 0.2) is 0 Å². The van der Waals surface area contributed by atoms with Crippen molar-refractivity contribution < 1.29 is 0 Å². The summed E-state index contributed by atoms with van der Waals surface area (Å²) in [5, 5.41) is 0.951. The molecule has 0 aliphatic heterocycles. The molecule has 1 aromatic carbocycles. The van der Waals surface area contributed by atoms with Gasteiger partial charge in [-0.3, -0.25) is 0 Å². The zero-order chi connectivity index (χ0) is 12.4. The van der Waals surface area contributed by atoms with E-state index in [1.54, 1.807) is 23.0 Å². The first-order chi connectivity index (χ1) is 8.15. The molecule has 0 aliphatic rings. The summed E-state index contributed by atoms with van der Waals surface area (Å²) in [7, 11) is 0. The number of hydrogen-bond donors (Lipinski definition) is 1. The van der Waals surface area contributed by atoms with Crippen LogP contribution in [0.4, 0.5) is 5.82 Å². The normalized spacial score (nSPS) is 10.5. The summed E-state index contributed by atoms with van der Waals surface area (Å²) < 4.78 is 1.79. The number of benzene rings is 1. The van der Waals surface area contributed by atoms with Crippen LogP contribution in [0.3, 0.4) is 0 Å². The van der Waals surface area contributed by atoms with Crippen LogP contribution in [0.5, 0.6) is 0 Å². The van der Waals surface area contributed by atoms with Crippen molar-refractivity contribution in [1.82, 2.24) is 9.55 Å². The lowest BCUT2D eigenvalue weighted by Gasteiger charge is -2.05. The van der Waals surface area contributed by atoms with Crippen LogP contribution in [0.25, 0.3) is 11.3 Å². The average Bonchev–Trinajstić information content (AvgIpc) is 2.66. The summed E-state index contributed by atoms with van der Waals surface area (Å²) in [5.74, 6) is 0.550. The highest BCUT2D eigenvalue weighted by Gasteiger charge is 2.13. The van der Waals surface area contributed by atoms with Crippen LogP contribution in [-0.4, -0.2) is 9.55 Å². The molecule has 0 saturated carbocycles. The van der Waals surface area contributed by atoms with E-state index >= 15 is 0 Å². The lowest BCUT2D eigenvalue weighted by atomic mass is 10.1. The molecule has 1 aromatic heterocycles. The van der Waals surface area contributed by atoms with Crippen LogP contribution in [0, 0.1) is 0 Å². The van der Waals surface area contributed by atoms with Crippen LogP contribution in [-0.2, 0) is 6.54 Å². The zero-order valence-corrected chi connectivity index (χ0v) is 10.5. The maximum atomic E-state index is 6.13. The number of nitrogens with two attached hydrogens (primary N) is 1. The SMILES string of the molecule is C=CCn1cnc(-c2cccc(Cl)c2Cl)c1N. The van der Waals surface area contributed by atoms with Gasteiger partial charge in [-0.05, 0) is 6.07 Å². The highest BCUT2D eigenvalue weighted by molar-refractivity contribution is 6.43. The first-order valence-corrected chi connectivity index (χ1v) is 5.76. The Bertz CT molecular complexity index is 561. The Kier molecular flexibility index (Phi) is 3.41. The molecule has 5 heteroatoms. The molecule has 0 saturated heterocycles. The number of rotatable bonds is 3. The van der Waals surface area contributed by atoms with Gasteiger partial charge in [-0.25, -0.2) is 4.98 Å². The van der Waals surface area contributed by atoms with Crippen LogP contribution >= 0.6 is 23.2 Å². The molecule has 0 unspecified atom stereocenters. The van der Waals surface area contributed by atoms with E-state index in [-0.39, 0.29) is 0 Å². The molecule has 17 heavy (non-hydrogen) atoms. The Morgan fingerprint density at radius 3 is 2.88 bits per heavy atom. The molecule has 2 aromatic rings. The van der Waals surface area contributed by atoms with Crippen molar-refractivity contribution in [3.05, 3.63) is 47.2 Å². The van der Waals surface area contributed by atoms with Gasteiger partial charge in [0.1, 0.15) is 11.5 Å². The molecule has 0 amide bonds. The van der Waals surface area contributed by atoms with E-state index in [2.05, 4.69) is 11.6 Å². The molecule has 0 fully saturated rings. The van der Waals surface area contributed by atoms with Gasteiger partial charge < -0.3 is 10.3 Å². The zero-order valence-electron chi connectivity index (χ0n) is 9.03. The van der Waals surface area contributed by atoms with E-state index in [1.807, 2.05) is 12.1 Å². The van der Waals surface area contributed by atoms with Crippen LogP contribution in [0.15, 0.2) is 37.2 Å². The van der Waals surface area contributed by atoms with Crippen molar-refractivity contribution in [2.24, 2.45) is 0 Å². The minimum absolute atomic E-state index is 0.463. The summed E-state index contributed by atoms with van der Waals surface area (Å²) in [6.07, 6.45) is 3.41. The van der Waals surface area contributed by atoms with Crippen molar-refractivity contribution in [3.8, 4) is 11.3 Å². The maximum absolute atomic E-state index is 6.13. The number of aromatic nitrogens is 2. The van der Waals surface area contributed by atoms with Crippen LogP contribution in [0.1, 0.15) is 0 Å². The maximum Gasteiger partial charge on any atom is 0.131 e. The van der Waals surface area contributed by atoms with Gasteiger partial charge >= 0.3 is 0 Å². The van der Waals surface area contributed by atoms with Gasteiger partial charge in [0.25, 0.3) is 0 Å². The number of nitrogen functional groups attached to an aromatic ring is 1. The number of anilines is 1. The second-order valence-electron chi connectivity index (χ2n) is 3.52. The quantitative estimate of drug-likeness (QED) is 0.864. The Morgan fingerprint density at radius 1 is 1.41 bits per heavy atom. The van der Waals surface area contributed by atoms with E-state index in [4.69, 9.17) is 28.9 Å². The lowest BCUT2D eigenvalue weighted by molar-refractivity contribution is 0.833. The summed E-state index contributed by atoms with van der Waals surface area (Å²) >= 11 is 12.1. The van der Waals surface area contributed by atoms with Gasteiger partial charge in [0, 0.05) is 12.1 Å². The molecule has 3 nitrogen and oxygen atoms in total. The number of hydrogen-bond acceptors (Lipinski definition) is 2. The van der Waals surface area contributed by atoms with Gasteiger partial charge in [-0.15, -0.1) is 6.58 Å². The smallest absolute Gasteiger partial charge is 0.131 e. The lowest BCUT2D eigenvalue weighted by Crippen LogP contribution is -2.00. The fourth-order valence-corrected chi connectivity index (χ4v) is 1.96. The summed E-state index contributed by atoms with van der Waals surface area (Å²) in [6.45, 7) is 4.27. The fourth-order valence-electron chi connectivity index (χ4n) is 1.57.